The van der Waals surface area contributed by atoms with Crippen molar-refractivity contribution in [3.63, 3.8) is 0 Å². The van der Waals surface area contributed by atoms with Gasteiger partial charge < -0.3 is 5.73 Å². The summed E-state index contributed by atoms with van der Waals surface area (Å²) in [5, 5.41) is 0.795. The van der Waals surface area contributed by atoms with Crippen LogP contribution in [0, 0.1) is 5.92 Å². The van der Waals surface area contributed by atoms with E-state index in [1.807, 2.05) is 18.2 Å². The smallest absolute Gasteiger partial charge is 0.0408 e. The molecule has 20 heavy (non-hydrogen) atoms. The van der Waals surface area contributed by atoms with Crippen LogP contribution in [-0.2, 0) is 19.3 Å². The van der Waals surface area contributed by atoms with Gasteiger partial charge in [-0.1, -0.05) is 48.0 Å². The van der Waals surface area contributed by atoms with Crippen LogP contribution in [0.4, 0.5) is 0 Å². The summed E-state index contributed by atoms with van der Waals surface area (Å²) in [7, 11) is 0. The lowest BCUT2D eigenvalue weighted by atomic mass is 9.79. The zero-order valence-electron chi connectivity index (χ0n) is 11.6. The molecule has 2 atom stereocenters. The van der Waals surface area contributed by atoms with Gasteiger partial charge in [-0.25, -0.2) is 0 Å². The zero-order valence-corrected chi connectivity index (χ0v) is 12.3. The summed E-state index contributed by atoms with van der Waals surface area (Å²) < 4.78 is 0. The van der Waals surface area contributed by atoms with Crippen molar-refractivity contribution in [3.05, 3.63) is 70.2 Å². The van der Waals surface area contributed by atoms with Crippen LogP contribution < -0.4 is 5.73 Å². The predicted octanol–water partition coefficient (Wildman–Crippen LogP) is 4.01. The molecule has 3 rings (SSSR count). The monoisotopic (exact) mass is 285 g/mol. The summed E-state index contributed by atoms with van der Waals surface area (Å²) in [5.74, 6) is 0.573. The molecule has 0 aliphatic heterocycles. The van der Waals surface area contributed by atoms with Gasteiger partial charge in [0.25, 0.3) is 0 Å². The van der Waals surface area contributed by atoms with E-state index in [9.17, 15) is 0 Å². The van der Waals surface area contributed by atoms with Gasteiger partial charge in [0.15, 0.2) is 0 Å². The highest BCUT2D eigenvalue weighted by atomic mass is 35.5. The molecule has 0 radical (unpaired) electrons. The Morgan fingerprint density at radius 1 is 1.10 bits per heavy atom. The van der Waals surface area contributed by atoms with Crippen molar-refractivity contribution in [3.8, 4) is 0 Å². The maximum atomic E-state index is 6.44. The molecule has 0 saturated carbocycles. The normalized spacial score (nSPS) is 19.4. The van der Waals surface area contributed by atoms with Gasteiger partial charge in [0.1, 0.15) is 0 Å². The summed E-state index contributed by atoms with van der Waals surface area (Å²) in [6, 6.07) is 17.0. The second kappa shape index (κ2) is 5.99. The van der Waals surface area contributed by atoms with Gasteiger partial charge in [0.05, 0.1) is 0 Å². The molecule has 1 aliphatic carbocycles. The van der Waals surface area contributed by atoms with E-state index >= 15 is 0 Å². The van der Waals surface area contributed by atoms with Crippen LogP contribution in [0.1, 0.15) is 23.1 Å². The van der Waals surface area contributed by atoms with E-state index in [4.69, 9.17) is 17.3 Å². The minimum absolute atomic E-state index is 0.210. The standard InChI is InChI=1S/C18H20ClN/c19-17-7-3-4-13(10-17)11-18(20)16-9-8-14-5-1-2-6-15(14)12-16/h1-7,10,16,18H,8-9,11-12,20H2. The molecule has 2 aromatic carbocycles. The molecule has 1 nitrogen and oxygen atoms in total. The van der Waals surface area contributed by atoms with Crippen LogP contribution in [0.3, 0.4) is 0 Å². The average Bonchev–Trinajstić information content (AvgIpc) is 2.47. The molecule has 1 aliphatic rings. The van der Waals surface area contributed by atoms with E-state index in [1.165, 1.54) is 23.1 Å². The maximum Gasteiger partial charge on any atom is 0.0408 e. The van der Waals surface area contributed by atoms with Crippen LogP contribution in [0.5, 0.6) is 0 Å². The maximum absolute atomic E-state index is 6.44. The largest absolute Gasteiger partial charge is 0.327 e. The number of hydrogen-bond acceptors (Lipinski definition) is 1. The molecule has 2 heteroatoms. The lowest BCUT2D eigenvalue weighted by Crippen LogP contribution is -2.35. The van der Waals surface area contributed by atoms with Crippen molar-refractivity contribution >= 4 is 11.6 Å². The van der Waals surface area contributed by atoms with E-state index in [1.54, 1.807) is 0 Å². The second-order valence-corrected chi connectivity index (χ2v) is 6.21. The number of rotatable bonds is 3. The Kier molecular flexibility index (Phi) is 4.09. The van der Waals surface area contributed by atoms with E-state index < -0.39 is 0 Å². The Morgan fingerprint density at radius 3 is 2.70 bits per heavy atom. The third-order valence-electron chi connectivity index (χ3n) is 4.35. The van der Waals surface area contributed by atoms with Crippen molar-refractivity contribution in [2.75, 3.05) is 0 Å². The molecular weight excluding hydrogens is 266 g/mol. The van der Waals surface area contributed by atoms with Crippen molar-refractivity contribution in [2.24, 2.45) is 11.7 Å². The Balaban J connectivity index is 1.68. The van der Waals surface area contributed by atoms with Crippen LogP contribution in [0.25, 0.3) is 0 Å². The molecular formula is C18H20ClN. The quantitative estimate of drug-likeness (QED) is 0.906. The molecule has 104 valence electrons. The minimum atomic E-state index is 0.210. The Bertz CT molecular complexity index is 593. The van der Waals surface area contributed by atoms with Gasteiger partial charge in [0.2, 0.25) is 0 Å². The van der Waals surface area contributed by atoms with Crippen molar-refractivity contribution in [1.82, 2.24) is 0 Å². The fraction of sp³-hybridized carbons (Fsp3) is 0.333. The number of fused-ring (bicyclic) bond motifs is 1. The molecule has 0 aromatic heterocycles. The van der Waals surface area contributed by atoms with E-state index in [-0.39, 0.29) is 6.04 Å². The first-order chi connectivity index (χ1) is 9.72. The predicted molar refractivity (Wildman–Crippen MR) is 85.1 cm³/mol. The van der Waals surface area contributed by atoms with Gasteiger partial charge in [-0.2, -0.15) is 0 Å². The summed E-state index contributed by atoms with van der Waals surface area (Å²) >= 11 is 6.04. The van der Waals surface area contributed by atoms with Crippen molar-refractivity contribution < 1.29 is 0 Å². The molecule has 0 amide bonds. The third kappa shape index (κ3) is 3.05. The number of hydrogen-bond donors (Lipinski definition) is 1. The van der Waals surface area contributed by atoms with Gasteiger partial charge >= 0.3 is 0 Å². The zero-order chi connectivity index (χ0) is 13.9. The lowest BCUT2D eigenvalue weighted by molar-refractivity contribution is 0.372. The van der Waals surface area contributed by atoms with Gasteiger partial charge in [-0.3, -0.25) is 0 Å². The second-order valence-electron chi connectivity index (χ2n) is 5.77. The third-order valence-corrected chi connectivity index (χ3v) is 4.59. The molecule has 2 aromatic rings. The molecule has 0 fully saturated rings. The Hall–Kier alpha value is -1.31. The number of aryl methyl sites for hydroxylation is 1. The highest BCUT2D eigenvalue weighted by Crippen LogP contribution is 2.28. The Morgan fingerprint density at radius 2 is 1.90 bits per heavy atom. The van der Waals surface area contributed by atoms with Gasteiger partial charge in [0, 0.05) is 11.1 Å². The van der Waals surface area contributed by atoms with Crippen molar-refractivity contribution in [1.29, 1.82) is 0 Å². The molecule has 0 heterocycles. The molecule has 2 N–H and O–H groups in total. The van der Waals surface area contributed by atoms with E-state index in [0.717, 1.165) is 24.3 Å². The SMILES string of the molecule is NC(Cc1cccc(Cl)c1)C1CCc2ccccc2C1. The topological polar surface area (TPSA) is 26.0 Å². The number of halogens is 1. The first-order valence-corrected chi connectivity index (χ1v) is 7.67. The fourth-order valence-electron chi connectivity index (χ4n) is 3.19. The van der Waals surface area contributed by atoms with Crippen molar-refractivity contribution in [2.45, 2.75) is 31.7 Å². The summed E-state index contributed by atoms with van der Waals surface area (Å²) in [4.78, 5) is 0. The highest BCUT2D eigenvalue weighted by molar-refractivity contribution is 6.30. The van der Waals surface area contributed by atoms with Crippen LogP contribution in [0.15, 0.2) is 48.5 Å². The summed E-state index contributed by atoms with van der Waals surface area (Å²) in [5.41, 5.74) is 10.7. The van der Waals surface area contributed by atoms with Crippen LogP contribution in [-0.4, -0.2) is 6.04 Å². The molecule has 0 saturated heterocycles. The first-order valence-electron chi connectivity index (χ1n) is 7.29. The number of nitrogens with two attached hydrogens (primary N) is 1. The minimum Gasteiger partial charge on any atom is -0.327 e. The van der Waals surface area contributed by atoms with Gasteiger partial charge in [-0.05, 0) is 60.4 Å². The highest BCUT2D eigenvalue weighted by Gasteiger charge is 2.23. The summed E-state index contributed by atoms with van der Waals surface area (Å²) in [6.45, 7) is 0. The first kappa shape index (κ1) is 13.7. The molecule has 0 spiro atoms. The molecule has 0 bridgehead atoms. The van der Waals surface area contributed by atoms with Crippen LogP contribution >= 0.6 is 11.6 Å². The Labute approximate surface area is 125 Å². The number of benzene rings is 2. The van der Waals surface area contributed by atoms with Crippen LogP contribution in [0.2, 0.25) is 5.02 Å². The van der Waals surface area contributed by atoms with E-state index in [0.29, 0.717) is 5.92 Å². The van der Waals surface area contributed by atoms with E-state index in [2.05, 4.69) is 30.3 Å². The van der Waals surface area contributed by atoms with Gasteiger partial charge in [-0.15, -0.1) is 0 Å². The average molecular weight is 286 g/mol. The fourth-order valence-corrected chi connectivity index (χ4v) is 3.41. The molecule has 2 unspecified atom stereocenters. The lowest BCUT2D eigenvalue weighted by Gasteiger charge is -2.29. The summed E-state index contributed by atoms with van der Waals surface area (Å²) in [6.07, 6.45) is 4.37.